The molecule has 3 rings (SSSR count). The topological polar surface area (TPSA) is 84.9 Å². The van der Waals surface area contributed by atoms with E-state index in [4.69, 9.17) is 9.47 Å². The second-order valence-electron chi connectivity index (χ2n) is 7.89. The van der Waals surface area contributed by atoms with Gasteiger partial charge in [-0.3, -0.25) is 4.79 Å². The normalized spacial score (nSPS) is 16.1. The third-order valence-corrected chi connectivity index (χ3v) is 7.74. The van der Waals surface area contributed by atoms with E-state index in [1.54, 1.807) is 13.2 Å². The third-order valence-electron chi connectivity index (χ3n) is 5.85. The van der Waals surface area contributed by atoms with E-state index in [1.165, 1.54) is 23.5 Å². The van der Waals surface area contributed by atoms with Crippen LogP contribution in [0, 0.1) is 0 Å². The average Bonchev–Trinajstić information content (AvgIpc) is 3.12. The zero-order valence-electron chi connectivity index (χ0n) is 19.0. The molecule has 1 amide bonds. The van der Waals surface area contributed by atoms with Gasteiger partial charge in [0.25, 0.3) is 5.91 Å². The lowest BCUT2D eigenvalue weighted by Crippen LogP contribution is -2.32. The van der Waals surface area contributed by atoms with Crippen molar-refractivity contribution < 1.29 is 22.7 Å². The van der Waals surface area contributed by atoms with E-state index in [0.717, 1.165) is 37.0 Å². The van der Waals surface area contributed by atoms with Gasteiger partial charge in [0, 0.05) is 13.1 Å². The summed E-state index contributed by atoms with van der Waals surface area (Å²) in [4.78, 5) is 13.3. The number of methoxy groups -OCH3 is 2. The fraction of sp³-hybridized carbons (Fsp3) is 0.458. The summed E-state index contributed by atoms with van der Waals surface area (Å²) in [5.41, 5.74) is 1.14. The van der Waals surface area contributed by atoms with Gasteiger partial charge in [-0.25, -0.2) is 8.42 Å². The monoisotopic (exact) mass is 460 g/mol. The SMILES string of the molecule is CCC(NC(=O)c1cc(S(=O)(=O)N2CCCCCC2)ccc1OC)c1ccc(OC)cc1. The molecule has 2 aromatic carbocycles. The Balaban J connectivity index is 1.87. The molecule has 0 saturated carbocycles. The Morgan fingerprint density at radius 2 is 1.66 bits per heavy atom. The highest BCUT2D eigenvalue weighted by molar-refractivity contribution is 7.89. The van der Waals surface area contributed by atoms with Crippen molar-refractivity contribution in [1.29, 1.82) is 0 Å². The van der Waals surface area contributed by atoms with Crippen molar-refractivity contribution in [3.05, 3.63) is 53.6 Å². The van der Waals surface area contributed by atoms with Crippen LogP contribution < -0.4 is 14.8 Å². The van der Waals surface area contributed by atoms with E-state index in [9.17, 15) is 13.2 Å². The number of hydrogen-bond donors (Lipinski definition) is 1. The van der Waals surface area contributed by atoms with Crippen LogP contribution in [0.25, 0.3) is 0 Å². The lowest BCUT2D eigenvalue weighted by molar-refractivity contribution is 0.0932. The molecule has 2 aromatic rings. The maximum atomic E-state index is 13.2. The standard InChI is InChI=1S/C24H32N2O5S/c1-4-22(18-9-11-19(30-2)12-10-18)25-24(27)21-17-20(13-14-23(21)31-3)32(28,29)26-15-7-5-6-8-16-26/h9-14,17,22H,4-8,15-16H2,1-3H3,(H,25,27). The molecule has 1 unspecified atom stereocenters. The quantitative estimate of drug-likeness (QED) is 0.640. The van der Waals surface area contributed by atoms with Crippen LogP contribution in [0.5, 0.6) is 11.5 Å². The number of hydrogen-bond acceptors (Lipinski definition) is 5. The number of ether oxygens (including phenoxy) is 2. The Labute approximate surface area is 190 Å². The van der Waals surface area contributed by atoms with Crippen molar-refractivity contribution in [2.45, 2.75) is 50.0 Å². The molecule has 32 heavy (non-hydrogen) atoms. The van der Waals surface area contributed by atoms with Crippen LogP contribution in [0.4, 0.5) is 0 Å². The number of nitrogens with zero attached hydrogens (tertiary/aromatic N) is 1. The van der Waals surface area contributed by atoms with Crippen LogP contribution in [0.15, 0.2) is 47.4 Å². The zero-order valence-corrected chi connectivity index (χ0v) is 19.8. The predicted molar refractivity (Wildman–Crippen MR) is 124 cm³/mol. The third kappa shape index (κ3) is 5.42. The number of benzene rings is 2. The van der Waals surface area contributed by atoms with Gasteiger partial charge in [-0.15, -0.1) is 0 Å². The molecule has 1 saturated heterocycles. The lowest BCUT2D eigenvalue weighted by atomic mass is 10.0. The number of carbonyl (C=O) groups is 1. The summed E-state index contributed by atoms with van der Waals surface area (Å²) in [6.45, 7) is 2.99. The molecule has 1 aliphatic heterocycles. The van der Waals surface area contributed by atoms with Gasteiger partial charge in [-0.05, 0) is 55.2 Å². The van der Waals surface area contributed by atoms with Gasteiger partial charge in [0.15, 0.2) is 0 Å². The molecule has 1 aliphatic rings. The van der Waals surface area contributed by atoms with Crippen molar-refractivity contribution in [3.8, 4) is 11.5 Å². The maximum Gasteiger partial charge on any atom is 0.255 e. The van der Waals surface area contributed by atoms with Gasteiger partial charge in [0.05, 0.1) is 30.7 Å². The molecule has 7 nitrogen and oxygen atoms in total. The molecule has 0 spiro atoms. The molecule has 1 N–H and O–H groups in total. The largest absolute Gasteiger partial charge is 0.497 e. The molecule has 0 aliphatic carbocycles. The Hall–Kier alpha value is -2.58. The Bertz CT molecular complexity index is 1010. The molecule has 174 valence electrons. The number of nitrogens with one attached hydrogen (secondary N) is 1. The molecule has 0 radical (unpaired) electrons. The molecule has 1 heterocycles. The molecule has 1 atom stereocenters. The van der Waals surface area contributed by atoms with E-state index >= 15 is 0 Å². The van der Waals surface area contributed by atoms with Crippen LogP contribution >= 0.6 is 0 Å². The number of amides is 1. The minimum absolute atomic E-state index is 0.114. The summed E-state index contributed by atoms with van der Waals surface area (Å²) < 4.78 is 38.5. The summed E-state index contributed by atoms with van der Waals surface area (Å²) >= 11 is 0. The first-order valence-electron chi connectivity index (χ1n) is 11.0. The second-order valence-corrected chi connectivity index (χ2v) is 9.83. The van der Waals surface area contributed by atoms with Crippen molar-refractivity contribution in [1.82, 2.24) is 9.62 Å². The highest BCUT2D eigenvalue weighted by Gasteiger charge is 2.27. The van der Waals surface area contributed by atoms with Gasteiger partial charge in [0.1, 0.15) is 11.5 Å². The van der Waals surface area contributed by atoms with Gasteiger partial charge in [0.2, 0.25) is 10.0 Å². The summed E-state index contributed by atoms with van der Waals surface area (Å²) in [6, 6.07) is 11.8. The first kappa shape index (κ1) is 24.1. The number of sulfonamides is 1. The van der Waals surface area contributed by atoms with Crippen LogP contribution in [0.2, 0.25) is 0 Å². The van der Waals surface area contributed by atoms with Crippen LogP contribution in [0.3, 0.4) is 0 Å². The van der Waals surface area contributed by atoms with Crippen molar-refractivity contribution in [3.63, 3.8) is 0 Å². The lowest BCUT2D eigenvalue weighted by Gasteiger charge is -2.22. The summed E-state index contributed by atoms with van der Waals surface area (Å²) in [5.74, 6) is 0.697. The summed E-state index contributed by atoms with van der Waals surface area (Å²) in [5, 5.41) is 3.01. The van der Waals surface area contributed by atoms with Gasteiger partial charge in [-0.1, -0.05) is 31.9 Å². The highest BCUT2D eigenvalue weighted by Crippen LogP contribution is 2.27. The minimum atomic E-state index is -3.68. The summed E-state index contributed by atoms with van der Waals surface area (Å²) in [6.07, 6.45) is 4.44. The average molecular weight is 461 g/mol. The van der Waals surface area contributed by atoms with Crippen molar-refractivity contribution in [2.24, 2.45) is 0 Å². The van der Waals surface area contributed by atoms with Crippen LogP contribution in [0.1, 0.15) is 61.0 Å². The maximum absolute atomic E-state index is 13.2. The smallest absolute Gasteiger partial charge is 0.255 e. The zero-order chi connectivity index (χ0) is 23.1. The minimum Gasteiger partial charge on any atom is -0.497 e. The first-order chi connectivity index (χ1) is 15.4. The van der Waals surface area contributed by atoms with Crippen LogP contribution in [-0.2, 0) is 10.0 Å². The Kier molecular flexibility index (Phi) is 8.15. The van der Waals surface area contributed by atoms with E-state index in [-0.39, 0.29) is 22.4 Å². The van der Waals surface area contributed by atoms with Crippen molar-refractivity contribution in [2.75, 3.05) is 27.3 Å². The molecule has 8 heteroatoms. The molecular weight excluding hydrogens is 428 g/mol. The molecule has 0 aromatic heterocycles. The van der Waals surface area contributed by atoms with Crippen molar-refractivity contribution >= 4 is 15.9 Å². The number of carbonyl (C=O) groups excluding carboxylic acids is 1. The summed E-state index contributed by atoms with van der Waals surface area (Å²) in [7, 11) is -0.604. The Morgan fingerprint density at radius 1 is 1.00 bits per heavy atom. The van der Waals surface area contributed by atoms with E-state index in [2.05, 4.69) is 5.32 Å². The predicted octanol–water partition coefficient (Wildman–Crippen LogP) is 4.15. The molecule has 0 bridgehead atoms. The number of rotatable bonds is 8. The second kappa shape index (κ2) is 10.8. The molecular formula is C24H32N2O5S. The van der Waals surface area contributed by atoms with E-state index in [1.807, 2.05) is 31.2 Å². The first-order valence-corrected chi connectivity index (χ1v) is 12.5. The van der Waals surface area contributed by atoms with Crippen LogP contribution in [-0.4, -0.2) is 45.9 Å². The van der Waals surface area contributed by atoms with Gasteiger partial charge >= 0.3 is 0 Å². The van der Waals surface area contributed by atoms with Gasteiger partial charge in [-0.2, -0.15) is 4.31 Å². The molecule has 1 fully saturated rings. The fourth-order valence-corrected chi connectivity index (χ4v) is 5.49. The van der Waals surface area contributed by atoms with E-state index in [0.29, 0.717) is 25.3 Å². The fourth-order valence-electron chi connectivity index (χ4n) is 3.95. The van der Waals surface area contributed by atoms with Gasteiger partial charge < -0.3 is 14.8 Å². The van der Waals surface area contributed by atoms with E-state index < -0.39 is 10.0 Å². The highest BCUT2D eigenvalue weighted by atomic mass is 32.2. The Morgan fingerprint density at radius 3 is 2.22 bits per heavy atom.